The van der Waals surface area contributed by atoms with E-state index in [1.165, 1.54) is 0 Å². The summed E-state index contributed by atoms with van der Waals surface area (Å²) >= 11 is 11.7. The van der Waals surface area contributed by atoms with Gasteiger partial charge in [0.25, 0.3) is 5.91 Å². The molecule has 0 saturated carbocycles. The van der Waals surface area contributed by atoms with Crippen LogP contribution in [0, 0.1) is 6.92 Å². The van der Waals surface area contributed by atoms with Crippen molar-refractivity contribution >= 4 is 40.5 Å². The summed E-state index contributed by atoms with van der Waals surface area (Å²) < 4.78 is 0. The van der Waals surface area contributed by atoms with Crippen molar-refractivity contribution < 1.29 is 4.79 Å². The fraction of sp³-hybridized carbons (Fsp3) is 0.0714. The number of rotatable bonds is 2. The van der Waals surface area contributed by atoms with Gasteiger partial charge < -0.3 is 11.1 Å². The lowest BCUT2D eigenvalue weighted by Gasteiger charge is -2.10. The molecule has 0 aliphatic heterocycles. The summed E-state index contributed by atoms with van der Waals surface area (Å²) in [5, 5.41) is 3.84. The summed E-state index contributed by atoms with van der Waals surface area (Å²) in [5.74, 6) is -0.247. The van der Waals surface area contributed by atoms with E-state index in [-0.39, 0.29) is 5.91 Å². The lowest BCUT2D eigenvalue weighted by atomic mass is 10.1. The second kappa shape index (κ2) is 5.51. The van der Waals surface area contributed by atoms with Crippen LogP contribution in [0.15, 0.2) is 36.4 Å². The maximum atomic E-state index is 12.2. The van der Waals surface area contributed by atoms with Crippen molar-refractivity contribution in [2.45, 2.75) is 6.92 Å². The Balaban J connectivity index is 2.28. The number of carbonyl (C=O) groups excluding carboxylic acids is 1. The molecule has 0 heterocycles. The highest BCUT2D eigenvalue weighted by molar-refractivity contribution is 6.31. The van der Waals surface area contributed by atoms with Crippen LogP contribution in [-0.4, -0.2) is 5.91 Å². The summed E-state index contributed by atoms with van der Waals surface area (Å²) in [6.07, 6.45) is 0. The van der Waals surface area contributed by atoms with Crippen LogP contribution in [0.3, 0.4) is 0 Å². The largest absolute Gasteiger partial charge is 0.397 e. The van der Waals surface area contributed by atoms with Gasteiger partial charge in [0.2, 0.25) is 0 Å². The topological polar surface area (TPSA) is 55.1 Å². The van der Waals surface area contributed by atoms with Gasteiger partial charge in [-0.05, 0) is 48.9 Å². The minimum atomic E-state index is -0.247. The van der Waals surface area contributed by atoms with Crippen molar-refractivity contribution in [3.63, 3.8) is 0 Å². The van der Waals surface area contributed by atoms with E-state index in [2.05, 4.69) is 5.32 Å². The fourth-order valence-corrected chi connectivity index (χ4v) is 2.11. The molecule has 19 heavy (non-hydrogen) atoms. The molecule has 0 bridgehead atoms. The lowest BCUT2D eigenvalue weighted by molar-refractivity contribution is 0.102. The molecule has 0 radical (unpaired) electrons. The molecule has 3 N–H and O–H groups in total. The number of nitrogen functional groups attached to an aromatic ring is 1. The normalized spacial score (nSPS) is 10.3. The predicted octanol–water partition coefficient (Wildman–Crippen LogP) is 4.14. The summed E-state index contributed by atoms with van der Waals surface area (Å²) in [7, 11) is 0. The Morgan fingerprint density at radius 2 is 1.74 bits per heavy atom. The Morgan fingerprint density at radius 1 is 1.11 bits per heavy atom. The number of nitrogens with one attached hydrogen (secondary N) is 1. The molecule has 1 amide bonds. The van der Waals surface area contributed by atoms with Crippen molar-refractivity contribution in [1.82, 2.24) is 0 Å². The van der Waals surface area contributed by atoms with Crippen molar-refractivity contribution in [3.8, 4) is 0 Å². The van der Waals surface area contributed by atoms with Crippen LogP contribution in [0.1, 0.15) is 15.9 Å². The summed E-state index contributed by atoms with van der Waals surface area (Å²) in [4.78, 5) is 12.2. The average molecular weight is 295 g/mol. The van der Waals surface area contributed by atoms with E-state index >= 15 is 0 Å². The van der Waals surface area contributed by atoms with E-state index in [0.29, 0.717) is 27.0 Å². The van der Waals surface area contributed by atoms with Crippen LogP contribution in [-0.2, 0) is 0 Å². The van der Waals surface area contributed by atoms with Crippen LogP contribution >= 0.6 is 23.2 Å². The van der Waals surface area contributed by atoms with Crippen LogP contribution in [0.5, 0.6) is 0 Å². The summed E-state index contributed by atoms with van der Waals surface area (Å²) in [6, 6.07) is 10.0. The summed E-state index contributed by atoms with van der Waals surface area (Å²) in [6.45, 7) is 1.82. The zero-order valence-corrected chi connectivity index (χ0v) is 11.7. The summed E-state index contributed by atoms with van der Waals surface area (Å²) in [5.41, 5.74) is 8.08. The van der Waals surface area contributed by atoms with E-state index in [9.17, 15) is 4.79 Å². The van der Waals surface area contributed by atoms with E-state index < -0.39 is 0 Å². The lowest BCUT2D eigenvalue weighted by Crippen LogP contribution is -2.14. The number of anilines is 2. The number of aryl methyl sites for hydroxylation is 1. The number of nitrogens with two attached hydrogens (primary N) is 1. The molecule has 0 atom stereocenters. The highest BCUT2D eigenvalue weighted by Crippen LogP contribution is 2.24. The number of halogens is 2. The molecular weight excluding hydrogens is 283 g/mol. The molecule has 0 aliphatic rings. The van der Waals surface area contributed by atoms with Crippen molar-refractivity contribution in [1.29, 1.82) is 0 Å². The Hall–Kier alpha value is -1.71. The first-order valence-corrected chi connectivity index (χ1v) is 6.35. The van der Waals surface area contributed by atoms with Gasteiger partial charge in [0.05, 0.1) is 11.4 Å². The molecular formula is C14H12Cl2N2O. The molecule has 0 spiro atoms. The second-order valence-corrected chi connectivity index (χ2v) is 5.02. The van der Waals surface area contributed by atoms with E-state index in [1.54, 1.807) is 36.4 Å². The Morgan fingerprint density at radius 3 is 2.42 bits per heavy atom. The second-order valence-electron chi connectivity index (χ2n) is 4.14. The zero-order valence-electron chi connectivity index (χ0n) is 10.2. The highest BCUT2D eigenvalue weighted by Gasteiger charge is 2.11. The minimum absolute atomic E-state index is 0.247. The first kappa shape index (κ1) is 13.7. The third kappa shape index (κ3) is 3.19. The van der Waals surface area contributed by atoms with Gasteiger partial charge in [0.15, 0.2) is 0 Å². The van der Waals surface area contributed by atoms with Gasteiger partial charge in [-0.15, -0.1) is 0 Å². The van der Waals surface area contributed by atoms with E-state index in [0.717, 1.165) is 5.56 Å². The molecule has 2 aromatic rings. The highest BCUT2D eigenvalue weighted by atomic mass is 35.5. The standard InChI is InChI=1S/C14H12Cl2N2O/c1-8-6-9(15)2-4-11(8)14(19)18-13-7-10(16)3-5-12(13)17/h2-7H,17H2,1H3,(H,18,19). The smallest absolute Gasteiger partial charge is 0.255 e. The van der Waals surface area contributed by atoms with Crippen LogP contribution in [0.25, 0.3) is 0 Å². The van der Waals surface area contributed by atoms with E-state index in [4.69, 9.17) is 28.9 Å². The van der Waals surface area contributed by atoms with Crippen molar-refractivity contribution in [2.75, 3.05) is 11.1 Å². The van der Waals surface area contributed by atoms with Crippen LogP contribution < -0.4 is 11.1 Å². The number of amides is 1. The number of carbonyl (C=O) groups is 1. The molecule has 0 fully saturated rings. The molecule has 0 unspecified atom stereocenters. The van der Waals surface area contributed by atoms with Crippen LogP contribution in [0.2, 0.25) is 10.0 Å². The fourth-order valence-electron chi connectivity index (χ4n) is 1.71. The van der Waals surface area contributed by atoms with Gasteiger partial charge in [-0.2, -0.15) is 0 Å². The third-order valence-electron chi connectivity index (χ3n) is 2.70. The SMILES string of the molecule is Cc1cc(Cl)ccc1C(=O)Nc1cc(Cl)ccc1N. The monoisotopic (exact) mass is 294 g/mol. The Labute approximate surface area is 121 Å². The van der Waals surface area contributed by atoms with Gasteiger partial charge in [0.1, 0.15) is 0 Å². The van der Waals surface area contributed by atoms with Gasteiger partial charge in [-0.3, -0.25) is 4.79 Å². The first-order chi connectivity index (χ1) is 8.97. The Kier molecular flexibility index (Phi) is 3.98. The average Bonchev–Trinajstić information content (AvgIpc) is 2.33. The molecule has 2 rings (SSSR count). The van der Waals surface area contributed by atoms with Crippen LogP contribution in [0.4, 0.5) is 11.4 Å². The quantitative estimate of drug-likeness (QED) is 0.818. The van der Waals surface area contributed by atoms with Gasteiger partial charge in [0, 0.05) is 15.6 Å². The maximum absolute atomic E-state index is 12.2. The zero-order chi connectivity index (χ0) is 14.0. The molecule has 5 heteroatoms. The minimum Gasteiger partial charge on any atom is -0.397 e. The molecule has 0 aliphatic carbocycles. The molecule has 3 nitrogen and oxygen atoms in total. The number of hydrogen-bond acceptors (Lipinski definition) is 2. The predicted molar refractivity (Wildman–Crippen MR) is 80.0 cm³/mol. The maximum Gasteiger partial charge on any atom is 0.255 e. The van der Waals surface area contributed by atoms with E-state index in [1.807, 2.05) is 6.92 Å². The molecule has 0 aromatic heterocycles. The third-order valence-corrected chi connectivity index (χ3v) is 3.17. The van der Waals surface area contributed by atoms with Gasteiger partial charge >= 0.3 is 0 Å². The molecule has 2 aromatic carbocycles. The number of benzene rings is 2. The number of hydrogen-bond donors (Lipinski definition) is 2. The Bertz CT molecular complexity index is 641. The van der Waals surface area contributed by atoms with Crippen molar-refractivity contribution in [3.05, 3.63) is 57.6 Å². The molecule has 0 saturated heterocycles. The van der Waals surface area contributed by atoms with Gasteiger partial charge in [-0.1, -0.05) is 23.2 Å². The van der Waals surface area contributed by atoms with Gasteiger partial charge in [-0.25, -0.2) is 0 Å². The first-order valence-electron chi connectivity index (χ1n) is 5.60. The van der Waals surface area contributed by atoms with Crippen molar-refractivity contribution in [2.24, 2.45) is 0 Å². The molecule has 98 valence electrons.